The predicted octanol–water partition coefficient (Wildman–Crippen LogP) is 3.70. The molecule has 1 amide bonds. The van der Waals surface area contributed by atoms with Gasteiger partial charge in [-0.2, -0.15) is 0 Å². The van der Waals surface area contributed by atoms with Crippen LogP contribution in [0.5, 0.6) is 0 Å². The van der Waals surface area contributed by atoms with Crippen molar-refractivity contribution in [1.82, 2.24) is 4.98 Å². The highest BCUT2D eigenvalue weighted by atomic mass is 16.6. The first kappa shape index (κ1) is 17.7. The van der Waals surface area contributed by atoms with Crippen molar-refractivity contribution < 1.29 is 19.1 Å². The fourth-order valence-electron chi connectivity index (χ4n) is 2.30. The van der Waals surface area contributed by atoms with Crippen molar-refractivity contribution in [1.29, 1.82) is 0 Å². The average Bonchev–Trinajstić information content (AvgIpc) is 2.52. The smallest absolute Gasteiger partial charge is 0.415 e. The van der Waals surface area contributed by atoms with Crippen LogP contribution in [0.2, 0.25) is 0 Å². The first-order valence-electron chi connectivity index (χ1n) is 7.58. The molecule has 0 radical (unpaired) electrons. The maximum absolute atomic E-state index is 12.3. The number of esters is 1. The lowest BCUT2D eigenvalue weighted by molar-refractivity contribution is 0.0584. The molecular formula is C18H22N2O4. The summed E-state index contributed by atoms with van der Waals surface area (Å²) in [4.78, 5) is 29.8. The van der Waals surface area contributed by atoms with E-state index in [2.05, 4.69) is 4.98 Å². The number of aryl methyl sites for hydroxylation is 1. The van der Waals surface area contributed by atoms with Gasteiger partial charge in [-0.25, -0.2) is 14.6 Å². The second-order valence-electron chi connectivity index (χ2n) is 6.56. The number of benzene rings is 1. The van der Waals surface area contributed by atoms with Crippen LogP contribution in [0.25, 0.3) is 10.8 Å². The first-order chi connectivity index (χ1) is 11.1. The Kier molecular flexibility index (Phi) is 4.78. The number of ether oxygens (including phenoxy) is 2. The van der Waals surface area contributed by atoms with Gasteiger partial charge in [-0.1, -0.05) is 6.07 Å². The second-order valence-corrected chi connectivity index (χ2v) is 6.56. The van der Waals surface area contributed by atoms with Crippen LogP contribution < -0.4 is 4.90 Å². The summed E-state index contributed by atoms with van der Waals surface area (Å²) in [6.07, 6.45) is 1.18. The lowest BCUT2D eigenvalue weighted by atomic mass is 10.0. The molecule has 24 heavy (non-hydrogen) atoms. The topological polar surface area (TPSA) is 68.7 Å². The summed E-state index contributed by atoms with van der Waals surface area (Å²) < 4.78 is 10.2. The highest BCUT2D eigenvalue weighted by Crippen LogP contribution is 2.28. The highest BCUT2D eigenvalue weighted by Gasteiger charge is 2.23. The van der Waals surface area contributed by atoms with Crippen molar-refractivity contribution >= 4 is 28.7 Å². The van der Waals surface area contributed by atoms with Crippen molar-refractivity contribution in [2.75, 3.05) is 19.1 Å². The van der Waals surface area contributed by atoms with Gasteiger partial charge in [0.25, 0.3) is 0 Å². The third kappa shape index (κ3) is 3.64. The summed E-state index contributed by atoms with van der Waals surface area (Å²) in [5, 5.41) is 1.59. The SMILES string of the molecule is COC(=O)c1ccc2c(C)cnc(N(C)C(=O)OC(C)(C)C)c2c1. The fraction of sp³-hybridized carbons (Fsp3) is 0.389. The molecule has 1 aromatic carbocycles. The minimum atomic E-state index is -0.608. The summed E-state index contributed by atoms with van der Waals surface area (Å²) in [5.41, 5.74) is 0.738. The van der Waals surface area contributed by atoms with Crippen molar-refractivity contribution in [2.24, 2.45) is 0 Å². The molecule has 0 saturated heterocycles. The van der Waals surface area contributed by atoms with Gasteiger partial charge < -0.3 is 9.47 Å². The molecule has 0 unspecified atom stereocenters. The zero-order valence-corrected chi connectivity index (χ0v) is 14.8. The summed E-state index contributed by atoms with van der Waals surface area (Å²) in [6, 6.07) is 5.20. The Morgan fingerprint density at radius 2 is 1.83 bits per heavy atom. The number of rotatable bonds is 2. The summed E-state index contributed by atoms with van der Waals surface area (Å²) in [5.74, 6) is -0.0140. The van der Waals surface area contributed by atoms with Gasteiger partial charge in [0, 0.05) is 18.6 Å². The Balaban J connectivity index is 2.55. The van der Waals surface area contributed by atoms with E-state index >= 15 is 0 Å². The quantitative estimate of drug-likeness (QED) is 0.785. The van der Waals surface area contributed by atoms with Crippen molar-refractivity contribution in [3.8, 4) is 0 Å². The van der Waals surface area contributed by atoms with Crippen LogP contribution in [0.1, 0.15) is 36.7 Å². The molecule has 2 rings (SSSR count). The number of carbonyl (C=O) groups excluding carboxylic acids is 2. The molecule has 0 aliphatic carbocycles. The molecule has 0 atom stereocenters. The molecular weight excluding hydrogens is 308 g/mol. The largest absolute Gasteiger partial charge is 0.465 e. The molecule has 0 aliphatic heterocycles. The van der Waals surface area contributed by atoms with Crippen LogP contribution >= 0.6 is 0 Å². The predicted molar refractivity (Wildman–Crippen MR) is 92.5 cm³/mol. The number of hydrogen-bond acceptors (Lipinski definition) is 5. The van der Waals surface area contributed by atoms with Crippen molar-refractivity contribution in [3.63, 3.8) is 0 Å². The monoisotopic (exact) mass is 330 g/mol. The van der Waals surface area contributed by atoms with Crippen molar-refractivity contribution in [2.45, 2.75) is 33.3 Å². The molecule has 2 aromatic rings. The van der Waals surface area contributed by atoms with E-state index in [9.17, 15) is 9.59 Å². The maximum Gasteiger partial charge on any atom is 0.415 e. The zero-order chi connectivity index (χ0) is 18.1. The van der Waals surface area contributed by atoms with Crippen molar-refractivity contribution in [3.05, 3.63) is 35.5 Å². The average molecular weight is 330 g/mol. The maximum atomic E-state index is 12.3. The minimum absolute atomic E-state index is 0.399. The third-order valence-corrected chi connectivity index (χ3v) is 3.47. The van der Waals surface area contributed by atoms with E-state index in [1.807, 2.05) is 13.0 Å². The van der Waals surface area contributed by atoms with Gasteiger partial charge in [0.2, 0.25) is 0 Å². The molecule has 128 valence electrons. The number of anilines is 1. The Morgan fingerprint density at radius 3 is 2.42 bits per heavy atom. The van der Waals surface area contributed by atoms with Crippen LogP contribution in [-0.4, -0.2) is 36.8 Å². The number of pyridine rings is 1. The van der Waals surface area contributed by atoms with Crippen LogP contribution in [0.4, 0.5) is 10.6 Å². The van der Waals surface area contributed by atoms with E-state index in [1.165, 1.54) is 12.0 Å². The Labute approximate surface area is 141 Å². The Hall–Kier alpha value is -2.63. The van der Waals surface area contributed by atoms with Crippen LogP contribution in [0, 0.1) is 6.92 Å². The Bertz CT molecular complexity index is 793. The zero-order valence-electron chi connectivity index (χ0n) is 14.8. The summed E-state index contributed by atoms with van der Waals surface area (Å²) in [7, 11) is 2.92. The first-order valence-corrected chi connectivity index (χ1v) is 7.58. The fourth-order valence-corrected chi connectivity index (χ4v) is 2.30. The van der Waals surface area contributed by atoms with Gasteiger partial charge in [-0.3, -0.25) is 4.90 Å². The van der Waals surface area contributed by atoms with E-state index < -0.39 is 17.7 Å². The number of hydrogen-bond donors (Lipinski definition) is 0. The van der Waals surface area contributed by atoms with Gasteiger partial charge in [0.1, 0.15) is 11.4 Å². The highest BCUT2D eigenvalue weighted by molar-refractivity contribution is 6.03. The number of aromatic nitrogens is 1. The molecule has 1 heterocycles. The summed E-state index contributed by atoms with van der Waals surface area (Å²) >= 11 is 0. The number of carbonyl (C=O) groups is 2. The van der Waals surface area contributed by atoms with Gasteiger partial charge in [-0.15, -0.1) is 0 Å². The molecule has 0 spiro atoms. The third-order valence-electron chi connectivity index (χ3n) is 3.47. The lowest BCUT2D eigenvalue weighted by Gasteiger charge is -2.25. The van der Waals surface area contributed by atoms with Gasteiger partial charge in [-0.05, 0) is 50.8 Å². The second kappa shape index (κ2) is 6.47. The molecule has 0 N–H and O–H groups in total. The van der Waals surface area contributed by atoms with E-state index in [0.717, 1.165) is 10.9 Å². The van der Waals surface area contributed by atoms with E-state index in [4.69, 9.17) is 9.47 Å². The molecule has 0 fully saturated rings. The van der Waals surface area contributed by atoms with E-state index in [0.29, 0.717) is 16.8 Å². The van der Waals surface area contributed by atoms with E-state index in [-0.39, 0.29) is 0 Å². The minimum Gasteiger partial charge on any atom is -0.465 e. The normalized spacial score (nSPS) is 11.2. The molecule has 0 saturated carbocycles. The van der Waals surface area contributed by atoms with E-state index in [1.54, 1.807) is 46.1 Å². The molecule has 0 bridgehead atoms. The molecule has 0 aliphatic rings. The molecule has 1 aromatic heterocycles. The Morgan fingerprint density at radius 1 is 1.17 bits per heavy atom. The standard InChI is InChI=1S/C18H22N2O4/c1-11-10-19-15(20(5)17(22)24-18(2,3)4)14-9-12(16(21)23-6)7-8-13(11)14/h7-10H,1-6H3. The van der Waals surface area contributed by atoms with Gasteiger partial charge in [0.15, 0.2) is 0 Å². The number of fused-ring (bicyclic) bond motifs is 1. The van der Waals surface area contributed by atoms with Crippen LogP contribution in [-0.2, 0) is 9.47 Å². The van der Waals surface area contributed by atoms with Gasteiger partial charge >= 0.3 is 12.1 Å². The number of nitrogens with zero attached hydrogens (tertiary/aromatic N) is 2. The van der Waals surface area contributed by atoms with Crippen LogP contribution in [0.3, 0.4) is 0 Å². The van der Waals surface area contributed by atoms with Crippen LogP contribution in [0.15, 0.2) is 24.4 Å². The number of amides is 1. The summed E-state index contributed by atoms with van der Waals surface area (Å²) in [6.45, 7) is 7.32. The molecule has 6 heteroatoms. The molecule has 6 nitrogen and oxygen atoms in total. The lowest BCUT2D eigenvalue weighted by Crippen LogP contribution is -2.34. The van der Waals surface area contributed by atoms with Gasteiger partial charge in [0.05, 0.1) is 12.7 Å². The number of methoxy groups -OCH3 is 1.